The van der Waals surface area contributed by atoms with E-state index >= 15 is 0 Å². The molecule has 3 N–H and O–H groups in total. The second kappa shape index (κ2) is 7.25. The zero-order valence-corrected chi connectivity index (χ0v) is 15.5. The van der Waals surface area contributed by atoms with Gasteiger partial charge in [0.25, 0.3) is 5.91 Å². The maximum atomic E-state index is 12.2. The van der Waals surface area contributed by atoms with Gasteiger partial charge in [0.05, 0.1) is 0 Å². The van der Waals surface area contributed by atoms with E-state index < -0.39 is 6.04 Å². The van der Waals surface area contributed by atoms with Crippen LogP contribution in [-0.2, 0) is 9.59 Å². The first kappa shape index (κ1) is 19.0. The van der Waals surface area contributed by atoms with Crippen molar-refractivity contribution in [2.75, 3.05) is 5.32 Å². The van der Waals surface area contributed by atoms with Crippen LogP contribution in [0.15, 0.2) is 24.3 Å². The van der Waals surface area contributed by atoms with Crippen LogP contribution in [0.2, 0.25) is 0 Å². The Kier molecular flexibility index (Phi) is 5.50. The van der Waals surface area contributed by atoms with Gasteiger partial charge in [-0.05, 0) is 64.3 Å². The van der Waals surface area contributed by atoms with Gasteiger partial charge in [-0.3, -0.25) is 14.4 Å². The Labute approximate surface area is 148 Å². The normalized spacial score (nSPS) is 20.4. The van der Waals surface area contributed by atoms with Crippen LogP contribution in [0.1, 0.15) is 51.4 Å². The van der Waals surface area contributed by atoms with E-state index in [1.807, 2.05) is 20.8 Å². The molecule has 6 heteroatoms. The van der Waals surface area contributed by atoms with Gasteiger partial charge < -0.3 is 16.0 Å². The predicted molar refractivity (Wildman–Crippen MR) is 97.2 cm³/mol. The molecule has 1 aliphatic carbocycles. The van der Waals surface area contributed by atoms with E-state index in [0.29, 0.717) is 17.2 Å². The molecule has 1 aromatic rings. The third-order valence-electron chi connectivity index (χ3n) is 4.10. The molecule has 6 nitrogen and oxygen atoms in total. The summed E-state index contributed by atoms with van der Waals surface area (Å²) in [5, 5.41) is 8.35. The van der Waals surface area contributed by atoms with Crippen molar-refractivity contribution in [3.05, 3.63) is 29.8 Å². The molecule has 1 aliphatic rings. The van der Waals surface area contributed by atoms with Crippen molar-refractivity contribution in [2.24, 2.45) is 11.8 Å². The fourth-order valence-electron chi connectivity index (χ4n) is 2.45. The Balaban J connectivity index is 1.89. The zero-order chi connectivity index (χ0) is 18.8. The number of nitrogens with one attached hydrogen (secondary N) is 3. The molecule has 0 bridgehead atoms. The molecule has 0 spiro atoms. The van der Waals surface area contributed by atoms with Crippen LogP contribution in [0, 0.1) is 11.8 Å². The van der Waals surface area contributed by atoms with Gasteiger partial charge in [-0.15, -0.1) is 0 Å². The second-order valence-electron chi connectivity index (χ2n) is 7.82. The molecule has 1 fully saturated rings. The first-order valence-corrected chi connectivity index (χ1v) is 8.60. The standard InChI is InChI=1S/C19H27N3O3/c1-11-10-15(11)18(25)21-14-8-6-13(7-9-14)17(24)20-12(2)16(23)22-19(3,4)5/h6-9,11-12,15H,10H2,1-5H3,(H,20,24)(H,21,25)(H,22,23). The number of anilines is 1. The van der Waals surface area contributed by atoms with Crippen LogP contribution < -0.4 is 16.0 Å². The van der Waals surface area contributed by atoms with Crippen LogP contribution in [0.5, 0.6) is 0 Å². The Morgan fingerprint density at radius 1 is 1.12 bits per heavy atom. The highest BCUT2D eigenvalue weighted by Crippen LogP contribution is 2.38. The molecule has 25 heavy (non-hydrogen) atoms. The minimum atomic E-state index is -0.637. The molecule has 0 radical (unpaired) electrons. The number of carbonyl (C=O) groups excluding carboxylic acids is 3. The second-order valence-corrected chi connectivity index (χ2v) is 7.82. The molecule has 1 aromatic carbocycles. The van der Waals surface area contributed by atoms with E-state index in [1.54, 1.807) is 31.2 Å². The van der Waals surface area contributed by atoms with Crippen molar-refractivity contribution >= 4 is 23.4 Å². The van der Waals surface area contributed by atoms with Gasteiger partial charge in [-0.1, -0.05) is 6.92 Å². The lowest BCUT2D eigenvalue weighted by molar-refractivity contribution is -0.124. The molecule has 136 valence electrons. The van der Waals surface area contributed by atoms with Crippen molar-refractivity contribution in [1.29, 1.82) is 0 Å². The fourth-order valence-corrected chi connectivity index (χ4v) is 2.45. The number of amides is 3. The summed E-state index contributed by atoms with van der Waals surface area (Å²) >= 11 is 0. The van der Waals surface area contributed by atoms with Crippen LogP contribution in [0.4, 0.5) is 5.69 Å². The zero-order valence-electron chi connectivity index (χ0n) is 15.5. The average molecular weight is 345 g/mol. The smallest absolute Gasteiger partial charge is 0.251 e. The monoisotopic (exact) mass is 345 g/mol. The minimum Gasteiger partial charge on any atom is -0.350 e. The largest absolute Gasteiger partial charge is 0.350 e. The third-order valence-corrected chi connectivity index (χ3v) is 4.10. The molecule has 0 saturated heterocycles. The van der Waals surface area contributed by atoms with E-state index in [0.717, 1.165) is 6.42 Å². The van der Waals surface area contributed by atoms with E-state index in [9.17, 15) is 14.4 Å². The van der Waals surface area contributed by atoms with Gasteiger partial charge in [-0.2, -0.15) is 0 Å². The summed E-state index contributed by atoms with van der Waals surface area (Å²) in [6.45, 7) is 9.34. The maximum Gasteiger partial charge on any atom is 0.251 e. The maximum absolute atomic E-state index is 12.2. The van der Waals surface area contributed by atoms with Gasteiger partial charge in [0.1, 0.15) is 6.04 Å². The Morgan fingerprint density at radius 2 is 1.68 bits per heavy atom. The first-order chi connectivity index (χ1) is 11.6. The molecular formula is C19H27N3O3. The van der Waals surface area contributed by atoms with Crippen molar-refractivity contribution < 1.29 is 14.4 Å². The Morgan fingerprint density at radius 3 is 2.16 bits per heavy atom. The highest BCUT2D eigenvalue weighted by molar-refractivity contribution is 5.98. The van der Waals surface area contributed by atoms with Crippen molar-refractivity contribution in [1.82, 2.24) is 10.6 Å². The molecule has 1 saturated carbocycles. The predicted octanol–water partition coefficient (Wildman–Crippen LogP) is 2.31. The Hall–Kier alpha value is -2.37. The van der Waals surface area contributed by atoms with Crippen molar-refractivity contribution in [2.45, 2.75) is 52.6 Å². The molecule has 0 aromatic heterocycles. The van der Waals surface area contributed by atoms with E-state index in [1.165, 1.54) is 0 Å². The van der Waals surface area contributed by atoms with Gasteiger partial charge in [0, 0.05) is 22.7 Å². The molecule has 0 heterocycles. The van der Waals surface area contributed by atoms with Crippen LogP contribution >= 0.6 is 0 Å². The summed E-state index contributed by atoms with van der Waals surface area (Å²) in [5.41, 5.74) is 0.752. The summed E-state index contributed by atoms with van der Waals surface area (Å²) in [6, 6.07) is 6.02. The molecular weight excluding hydrogens is 318 g/mol. The van der Waals surface area contributed by atoms with Crippen LogP contribution in [-0.4, -0.2) is 29.3 Å². The number of benzene rings is 1. The lowest BCUT2D eigenvalue weighted by atomic mass is 10.1. The molecule has 3 atom stereocenters. The van der Waals surface area contributed by atoms with E-state index in [4.69, 9.17) is 0 Å². The lowest BCUT2D eigenvalue weighted by Crippen LogP contribution is -2.50. The minimum absolute atomic E-state index is 0.0252. The SMILES string of the molecule is CC(NC(=O)c1ccc(NC(=O)C2CC2C)cc1)C(=O)NC(C)(C)C. The number of hydrogen-bond donors (Lipinski definition) is 3. The number of hydrogen-bond acceptors (Lipinski definition) is 3. The van der Waals surface area contributed by atoms with Crippen LogP contribution in [0.3, 0.4) is 0 Å². The summed E-state index contributed by atoms with van der Waals surface area (Å²) in [7, 11) is 0. The first-order valence-electron chi connectivity index (χ1n) is 8.60. The highest BCUT2D eigenvalue weighted by Gasteiger charge is 2.39. The third kappa shape index (κ3) is 5.59. The molecule has 2 rings (SSSR count). The van der Waals surface area contributed by atoms with Crippen LogP contribution in [0.25, 0.3) is 0 Å². The quantitative estimate of drug-likeness (QED) is 0.765. The number of rotatable bonds is 5. The Bertz CT molecular complexity index is 661. The fraction of sp³-hybridized carbons (Fsp3) is 0.526. The summed E-state index contributed by atoms with van der Waals surface area (Å²) in [5.74, 6) is 0.0154. The van der Waals surface area contributed by atoms with E-state index in [-0.39, 0.29) is 29.2 Å². The van der Waals surface area contributed by atoms with Gasteiger partial charge >= 0.3 is 0 Å². The molecule has 3 unspecified atom stereocenters. The van der Waals surface area contributed by atoms with Gasteiger partial charge in [0.2, 0.25) is 11.8 Å². The lowest BCUT2D eigenvalue weighted by Gasteiger charge is -2.23. The summed E-state index contributed by atoms with van der Waals surface area (Å²) < 4.78 is 0. The topological polar surface area (TPSA) is 87.3 Å². The van der Waals surface area contributed by atoms with Crippen molar-refractivity contribution in [3.63, 3.8) is 0 Å². The summed E-state index contributed by atoms with van der Waals surface area (Å²) in [4.78, 5) is 36.2. The van der Waals surface area contributed by atoms with E-state index in [2.05, 4.69) is 22.9 Å². The number of carbonyl (C=O) groups is 3. The average Bonchev–Trinajstić information content (AvgIpc) is 3.23. The summed E-state index contributed by atoms with van der Waals surface area (Å²) in [6.07, 6.45) is 0.931. The molecule has 3 amide bonds. The van der Waals surface area contributed by atoms with Gasteiger partial charge in [0.15, 0.2) is 0 Å². The van der Waals surface area contributed by atoms with Crippen molar-refractivity contribution in [3.8, 4) is 0 Å². The van der Waals surface area contributed by atoms with Gasteiger partial charge in [-0.25, -0.2) is 0 Å². The highest BCUT2D eigenvalue weighted by atomic mass is 16.2. The molecule has 0 aliphatic heterocycles.